The topological polar surface area (TPSA) is 38.8 Å². The highest BCUT2D eigenvalue weighted by molar-refractivity contribution is 6.25. The summed E-state index contributed by atoms with van der Waals surface area (Å²) in [6, 6.07) is 0. The van der Waals surface area contributed by atoms with Crippen molar-refractivity contribution in [1.29, 1.82) is 0 Å². The zero-order valence-electron chi connectivity index (χ0n) is 7.87. The van der Waals surface area contributed by atoms with Crippen molar-refractivity contribution in [1.82, 2.24) is 0 Å². The summed E-state index contributed by atoms with van der Waals surface area (Å²) in [6.45, 7) is 4.30. The van der Waals surface area contributed by atoms with Gasteiger partial charge >= 0.3 is 5.97 Å². The van der Waals surface area contributed by atoms with E-state index in [-0.39, 0.29) is 12.1 Å². The average molecular weight is 217 g/mol. The number of epoxide rings is 1. The highest BCUT2D eigenvalue weighted by Gasteiger charge is 2.25. The average Bonchev–Trinajstić information content (AvgIpc) is 2.81. The molecule has 2 aliphatic rings. The second-order valence-corrected chi connectivity index (χ2v) is 3.28. The smallest absolute Gasteiger partial charge is 0.333 e. The Balaban J connectivity index is 0.000000293. The van der Waals surface area contributed by atoms with Crippen LogP contribution in [0.15, 0.2) is 23.8 Å². The summed E-state index contributed by atoms with van der Waals surface area (Å²) in [7, 11) is 0. The summed E-state index contributed by atoms with van der Waals surface area (Å²) in [5, 5.41) is 0. The van der Waals surface area contributed by atoms with Crippen LogP contribution in [0.4, 0.5) is 0 Å². The van der Waals surface area contributed by atoms with Gasteiger partial charge in [-0.15, -0.1) is 0 Å². The van der Waals surface area contributed by atoms with Gasteiger partial charge in [0.15, 0.2) is 0 Å². The van der Waals surface area contributed by atoms with Crippen LogP contribution in [0.1, 0.15) is 12.8 Å². The minimum absolute atomic E-state index is 0.160. The van der Waals surface area contributed by atoms with E-state index in [1.165, 1.54) is 5.54 Å². The van der Waals surface area contributed by atoms with Crippen molar-refractivity contribution in [2.45, 2.75) is 18.9 Å². The zero-order valence-corrected chi connectivity index (χ0v) is 8.63. The zero-order chi connectivity index (χ0) is 10.4. The van der Waals surface area contributed by atoms with E-state index in [0.29, 0.717) is 6.61 Å². The maximum atomic E-state index is 11.0. The first-order valence-electron chi connectivity index (χ1n) is 4.46. The summed E-state index contributed by atoms with van der Waals surface area (Å²) >= 11 is 4.76. The molecular formula is C10H13ClO3. The molecule has 1 heterocycles. The predicted octanol–water partition coefficient (Wildman–Crippen LogP) is 2.02. The maximum Gasteiger partial charge on any atom is 0.333 e. The summed E-state index contributed by atoms with van der Waals surface area (Å²) in [5.74, 6) is -0.160. The molecule has 0 spiro atoms. The second kappa shape index (κ2) is 5.83. The molecule has 78 valence electrons. The Morgan fingerprint density at radius 2 is 2.43 bits per heavy atom. The van der Waals surface area contributed by atoms with Crippen LogP contribution in [-0.4, -0.2) is 25.3 Å². The van der Waals surface area contributed by atoms with Crippen LogP contribution in [0.3, 0.4) is 0 Å². The van der Waals surface area contributed by atoms with Crippen molar-refractivity contribution in [2.75, 3.05) is 13.2 Å². The summed E-state index contributed by atoms with van der Waals surface area (Å²) in [6.07, 6.45) is 3.99. The number of halogens is 1. The van der Waals surface area contributed by atoms with Crippen LogP contribution in [0, 0.1) is 0 Å². The maximum absolute atomic E-state index is 11.0. The van der Waals surface area contributed by atoms with Gasteiger partial charge in [-0.25, -0.2) is 4.79 Å². The predicted molar refractivity (Wildman–Crippen MR) is 54.1 cm³/mol. The lowest BCUT2D eigenvalue weighted by molar-refractivity contribution is -0.140. The van der Waals surface area contributed by atoms with Gasteiger partial charge in [-0.05, 0) is 18.4 Å². The molecule has 1 fully saturated rings. The van der Waals surface area contributed by atoms with Crippen molar-refractivity contribution < 1.29 is 14.3 Å². The fourth-order valence-corrected chi connectivity index (χ4v) is 0.900. The van der Waals surface area contributed by atoms with Gasteiger partial charge in [-0.3, -0.25) is 0 Å². The third-order valence-corrected chi connectivity index (χ3v) is 1.87. The first kappa shape index (κ1) is 11.3. The molecule has 0 saturated carbocycles. The van der Waals surface area contributed by atoms with E-state index in [9.17, 15) is 4.79 Å². The van der Waals surface area contributed by atoms with E-state index in [0.717, 1.165) is 25.0 Å². The van der Waals surface area contributed by atoms with E-state index in [2.05, 4.69) is 6.58 Å². The fraction of sp³-hybridized carbons (Fsp3) is 0.500. The molecule has 1 atom stereocenters. The number of carbonyl (C=O) groups is 1. The lowest BCUT2D eigenvalue weighted by atomic mass is 10.00. The van der Waals surface area contributed by atoms with Crippen molar-refractivity contribution in [2.24, 2.45) is 0 Å². The van der Waals surface area contributed by atoms with Crippen LogP contribution >= 0.6 is 11.6 Å². The van der Waals surface area contributed by atoms with Gasteiger partial charge in [0.05, 0.1) is 6.61 Å². The first-order valence-corrected chi connectivity index (χ1v) is 4.90. The van der Waals surface area contributed by atoms with E-state index < -0.39 is 0 Å². The molecule has 3 nitrogen and oxygen atoms in total. The second-order valence-electron chi connectivity index (χ2n) is 2.98. The van der Waals surface area contributed by atoms with Gasteiger partial charge < -0.3 is 9.47 Å². The van der Waals surface area contributed by atoms with Crippen LogP contribution in [0.2, 0.25) is 0 Å². The van der Waals surface area contributed by atoms with Gasteiger partial charge in [0, 0.05) is 5.57 Å². The Kier molecular flexibility index (Phi) is 4.70. The summed E-state index contributed by atoms with van der Waals surface area (Å²) in [4.78, 5) is 11.0. The molecule has 14 heavy (non-hydrogen) atoms. The normalized spacial score (nSPS) is 22.1. The summed E-state index contributed by atoms with van der Waals surface area (Å²) in [5.41, 5.74) is 2.05. The highest BCUT2D eigenvalue weighted by atomic mass is 35.5. The molecule has 1 aliphatic carbocycles. The number of allylic oxidation sites excluding steroid dienone is 1. The van der Waals surface area contributed by atoms with Gasteiger partial charge in [0.25, 0.3) is 0 Å². The molecule has 0 aromatic carbocycles. The molecular weight excluding hydrogens is 204 g/mol. The van der Waals surface area contributed by atoms with Crippen LogP contribution < -0.4 is 0 Å². The molecule has 1 aliphatic heterocycles. The Hall–Kier alpha value is -0.800. The first-order chi connectivity index (χ1) is 6.77. The number of ether oxygens (including phenoxy) is 2. The Labute approximate surface area is 88.3 Å². The molecule has 1 unspecified atom stereocenters. The number of hydrogen-bond donors (Lipinski definition) is 0. The van der Waals surface area contributed by atoms with E-state index in [1.807, 2.05) is 6.08 Å². The fourth-order valence-electron chi connectivity index (χ4n) is 0.900. The quantitative estimate of drug-likeness (QED) is 0.535. The number of esters is 1. The van der Waals surface area contributed by atoms with Gasteiger partial charge in [0.2, 0.25) is 0 Å². The highest BCUT2D eigenvalue weighted by Crippen LogP contribution is 2.19. The van der Waals surface area contributed by atoms with Crippen LogP contribution in [-0.2, 0) is 14.3 Å². The number of rotatable bonds is 3. The molecule has 0 radical (unpaired) electrons. The number of hydrogen-bond acceptors (Lipinski definition) is 3. The molecule has 0 aromatic rings. The van der Waals surface area contributed by atoms with Gasteiger partial charge in [0.1, 0.15) is 12.7 Å². The van der Waals surface area contributed by atoms with Crippen LogP contribution in [0.25, 0.3) is 0 Å². The molecule has 1 saturated heterocycles. The molecule has 2 rings (SSSR count). The van der Waals surface area contributed by atoms with E-state index in [1.54, 1.807) is 0 Å². The van der Waals surface area contributed by atoms with Crippen molar-refractivity contribution >= 4 is 17.6 Å². The van der Waals surface area contributed by atoms with E-state index >= 15 is 0 Å². The number of carbonyl (C=O) groups excluding carboxylic acids is 1. The van der Waals surface area contributed by atoms with Crippen molar-refractivity contribution in [3.8, 4) is 0 Å². The van der Waals surface area contributed by atoms with Crippen molar-refractivity contribution in [3.05, 3.63) is 23.8 Å². The van der Waals surface area contributed by atoms with Gasteiger partial charge in [-0.2, -0.15) is 0 Å². The Bertz CT molecular complexity index is 244. The lowest BCUT2D eigenvalue weighted by Gasteiger charge is -2.12. The van der Waals surface area contributed by atoms with Crippen molar-refractivity contribution in [3.63, 3.8) is 0 Å². The molecule has 0 bridgehead atoms. The molecule has 4 heteroatoms. The standard InChI is InChI=1S/C8H10O3.C2H3Cl/c9-8(6-2-1-3-6)11-5-7-4-10-7;1-2-3/h2,7H,1,3-5H2;2H,1H2. The third kappa shape index (κ3) is 3.94. The Morgan fingerprint density at radius 3 is 2.79 bits per heavy atom. The summed E-state index contributed by atoms with van der Waals surface area (Å²) < 4.78 is 9.83. The van der Waals surface area contributed by atoms with E-state index in [4.69, 9.17) is 21.1 Å². The largest absolute Gasteiger partial charge is 0.459 e. The monoisotopic (exact) mass is 216 g/mol. The minimum Gasteiger partial charge on any atom is -0.459 e. The third-order valence-electron chi connectivity index (χ3n) is 1.87. The molecule has 0 aromatic heterocycles. The SMILES string of the molecule is C=CCl.O=C(OCC1CO1)C1=CCC1. The van der Waals surface area contributed by atoms with Crippen LogP contribution in [0.5, 0.6) is 0 Å². The molecule has 0 N–H and O–H groups in total. The lowest BCUT2D eigenvalue weighted by Crippen LogP contribution is -2.15. The minimum atomic E-state index is -0.160. The Morgan fingerprint density at radius 1 is 1.86 bits per heavy atom. The molecule has 0 amide bonds. The van der Waals surface area contributed by atoms with Gasteiger partial charge in [-0.1, -0.05) is 24.3 Å².